The minimum Gasteiger partial charge on any atom is -0.449 e. The maximum absolute atomic E-state index is 11.7. The highest BCUT2D eigenvalue weighted by Crippen LogP contribution is 2.23. The van der Waals surface area contributed by atoms with Gasteiger partial charge in [-0.2, -0.15) is 0 Å². The van der Waals surface area contributed by atoms with Crippen molar-refractivity contribution in [3.05, 3.63) is 29.8 Å². The molecule has 0 aliphatic carbocycles. The SMILES string of the molecule is CCCNC(C)c1cccc(N2CCCOC2=O)c1. The van der Waals surface area contributed by atoms with Gasteiger partial charge in [0.25, 0.3) is 0 Å². The molecule has 0 radical (unpaired) electrons. The van der Waals surface area contributed by atoms with Crippen molar-refractivity contribution < 1.29 is 9.53 Å². The summed E-state index contributed by atoms with van der Waals surface area (Å²) in [5.41, 5.74) is 2.12. The Bertz CT molecular complexity index is 434. The zero-order valence-corrected chi connectivity index (χ0v) is 11.7. The van der Waals surface area contributed by atoms with Gasteiger partial charge in [-0.1, -0.05) is 19.1 Å². The van der Waals surface area contributed by atoms with Crippen LogP contribution in [-0.2, 0) is 4.74 Å². The molecule has 2 rings (SSSR count). The highest BCUT2D eigenvalue weighted by Gasteiger charge is 2.21. The molecular weight excluding hydrogens is 240 g/mol. The molecule has 1 aliphatic rings. The monoisotopic (exact) mass is 262 g/mol. The predicted octanol–water partition coefficient (Wildman–Crippen LogP) is 3.09. The van der Waals surface area contributed by atoms with E-state index in [4.69, 9.17) is 4.74 Å². The highest BCUT2D eigenvalue weighted by atomic mass is 16.6. The van der Waals surface area contributed by atoms with Gasteiger partial charge in [-0.3, -0.25) is 4.90 Å². The average Bonchev–Trinajstić information content (AvgIpc) is 2.45. The summed E-state index contributed by atoms with van der Waals surface area (Å²) in [6.45, 7) is 6.56. The van der Waals surface area contributed by atoms with Crippen molar-refractivity contribution in [3.8, 4) is 0 Å². The second-order valence-electron chi connectivity index (χ2n) is 4.89. The third-order valence-corrected chi connectivity index (χ3v) is 3.35. The molecular formula is C15H22N2O2. The number of carbonyl (C=O) groups is 1. The fourth-order valence-electron chi connectivity index (χ4n) is 2.23. The van der Waals surface area contributed by atoms with E-state index >= 15 is 0 Å². The zero-order valence-electron chi connectivity index (χ0n) is 11.7. The lowest BCUT2D eigenvalue weighted by Crippen LogP contribution is -2.37. The van der Waals surface area contributed by atoms with E-state index in [9.17, 15) is 4.79 Å². The van der Waals surface area contributed by atoms with Crippen molar-refractivity contribution in [2.24, 2.45) is 0 Å². The first-order valence-electron chi connectivity index (χ1n) is 7.00. The number of ether oxygens (including phenoxy) is 1. The molecule has 19 heavy (non-hydrogen) atoms. The Labute approximate surface area is 114 Å². The van der Waals surface area contributed by atoms with Crippen molar-refractivity contribution in [1.29, 1.82) is 0 Å². The number of cyclic esters (lactones) is 1. The molecule has 1 aromatic rings. The number of hydrogen-bond donors (Lipinski definition) is 1. The number of amides is 1. The number of benzene rings is 1. The number of hydrogen-bond acceptors (Lipinski definition) is 3. The van der Waals surface area contributed by atoms with E-state index in [-0.39, 0.29) is 6.09 Å². The lowest BCUT2D eigenvalue weighted by Gasteiger charge is -2.27. The van der Waals surface area contributed by atoms with Crippen LogP contribution in [0.25, 0.3) is 0 Å². The van der Waals surface area contributed by atoms with Crippen LogP contribution in [0.4, 0.5) is 10.5 Å². The molecule has 0 saturated carbocycles. The molecule has 1 aromatic carbocycles. The molecule has 1 unspecified atom stereocenters. The molecule has 0 spiro atoms. The normalized spacial score (nSPS) is 17.2. The second-order valence-corrected chi connectivity index (χ2v) is 4.89. The lowest BCUT2D eigenvalue weighted by molar-refractivity contribution is 0.140. The summed E-state index contributed by atoms with van der Waals surface area (Å²) in [6, 6.07) is 8.41. The van der Waals surface area contributed by atoms with Gasteiger partial charge in [0.1, 0.15) is 0 Å². The Morgan fingerprint density at radius 1 is 1.47 bits per heavy atom. The minimum atomic E-state index is -0.238. The van der Waals surface area contributed by atoms with Crippen LogP contribution in [0.3, 0.4) is 0 Å². The fraction of sp³-hybridized carbons (Fsp3) is 0.533. The van der Waals surface area contributed by atoms with Gasteiger partial charge in [-0.25, -0.2) is 4.79 Å². The van der Waals surface area contributed by atoms with Crippen molar-refractivity contribution >= 4 is 11.8 Å². The number of nitrogens with one attached hydrogen (secondary N) is 1. The summed E-state index contributed by atoms with van der Waals surface area (Å²) in [6.07, 6.45) is 1.76. The summed E-state index contributed by atoms with van der Waals surface area (Å²) in [5, 5.41) is 3.46. The van der Waals surface area contributed by atoms with Gasteiger partial charge in [0.2, 0.25) is 0 Å². The van der Waals surface area contributed by atoms with E-state index in [1.54, 1.807) is 4.90 Å². The molecule has 0 bridgehead atoms. The van der Waals surface area contributed by atoms with Crippen LogP contribution in [0.1, 0.15) is 38.3 Å². The van der Waals surface area contributed by atoms with Crippen molar-refractivity contribution in [1.82, 2.24) is 5.32 Å². The number of carbonyl (C=O) groups excluding carboxylic acids is 1. The molecule has 1 fully saturated rings. The van der Waals surface area contributed by atoms with Crippen molar-refractivity contribution in [2.75, 3.05) is 24.6 Å². The maximum atomic E-state index is 11.7. The van der Waals surface area contributed by atoms with Crippen LogP contribution in [0.15, 0.2) is 24.3 Å². The largest absolute Gasteiger partial charge is 0.449 e. The average molecular weight is 262 g/mol. The Balaban J connectivity index is 2.11. The summed E-state index contributed by atoms with van der Waals surface area (Å²) in [7, 11) is 0. The third-order valence-electron chi connectivity index (χ3n) is 3.35. The van der Waals surface area contributed by atoms with Crippen LogP contribution >= 0.6 is 0 Å². The third kappa shape index (κ3) is 3.47. The topological polar surface area (TPSA) is 41.6 Å². The molecule has 1 atom stereocenters. The van der Waals surface area contributed by atoms with Crippen LogP contribution in [0.2, 0.25) is 0 Å². The first-order valence-corrected chi connectivity index (χ1v) is 7.00. The van der Waals surface area contributed by atoms with Crippen LogP contribution in [0, 0.1) is 0 Å². The first kappa shape index (κ1) is 13.9. The molecule has 4 heteroatoms. The van der Waals surface area contributed by atoms with Crippen LogP contribution in [-0.4, -0.2) is 25.8 Å². The molecule has 1 N–H and O–H groups in total. The Morgan fingerprint density at radius 3 is 3.05 bits per heavy atom. The number of nitrogens with zero attached hydrogens (tertiary/aromatic N) is 1. The van der Waals surface area contributed by atoms with Crippen molar-refractivity contribution in [3.63, 3.8) is 0 Å². The molecule has 1 aliphatic heterocycles. The number of rotatable bonds is 5. The van der Waals surface area contributed by atoms with Gasteiger partial charge in [0.15, 0.2) is 0 Å². The van der Waals surface area contributed by atoms with Gasteiger partial charge < -0.3 is 10.1 Å². The Hall–Kier alpha value is -1.55. The molecule has 1 saturated heterocycles. The second kappa shape index (κ2) is 6.57. The lowest BCUT2D eigenvalue weighted by atomic mass is 10.1. The van der Waals surface area contributed by atoms with Gasteiger partial charge in [0.05, 0.1) is 6.61 Å². The standard InChI is InChI=1S/C15H22N2O2/c1-3-8-16-12(2)13-6-4-7-14(11-13)17-9-5-10-19-15(17)18/h4,6-7,11-12,16H,3,5,8-10H2,1-2H3. The van der Waals surface area contributed by atoms with Crippen LogP contribution in [0.5, 0.6) is 0 Å². The molecule has 4 nitrogen and oxygen atoms in total. The smallest absolute Gasteiger partial charge is 0.414 e. The highest BCUT2D eigenvalue weighted by molar-refractivity contribution is 5.88. The van der Waals surface area contributed by atoms with E-state index in [1.807, 2.05) is 12.1 Å². The summed E-state index contributed by atoms with van der Waals surface area (Å²) >= 11 is 0. The van der Waals surface area contributed by atoms with E-state index in [1.165, 1.54) is 5.56 Å². The predicted molar refractivity (Wildman–Crippen MR) is 76.5 cm³/mol. The van der Waals surface area contributed by atoms with Gasteiger partial charge in [0, 0.05) is 18.3 Å². The summed E-state index contributed by atoms with van der Waals surface area (Å²) in [4.78, 5) is 13.4. The Morgan fingerprint density at radius 2 is 2.32 bits per heavy atom. The fourth-order valence-corrected chi connectivity index (χ4v) is 2.23. The maximum Gasteiger partial charge on any atom is 0.414 e. The molecule has 0 aromatic heterocycles. The minimum absolute atomic E-state index is 0.238. The van der Waals surface area contributed by atoms with Gasteiger partial charge >= 0.3 is 6.09 Å². The summed E-state index contributed by atoms with van der Waals surface area (Å²) < 4.78 is 5.08. The van der Waals surface area contributed by atoms with Crippen LogP contribution < -0.4 is 10.2 Å². The van der Waals surface area contributed by atoms with E-state index in [0.29, 0.717) is 12.6 Å². The van der Waals surface area contributed by atoms with E-state index < -0.39 is 0 Å². The number of anilines is 1. The quantitative estimate of drug-likeness (QED) is 0.886. The molecule has 1 amide bonds. The first-order chi connectivity index (χ1) is 9.22. The van der Waals surface area contributed by atoms with E-state index in [2.05, 4.69) is 31.3 Å². The van der Waals surface area contributed by atoms with Gasteiger partial charge in [-0.05, 0) is 44.0 Å². The van der Waals surface area contributed by atoms with Crippen molar-refractivity contribution in [2.45, 2.75) is 32.7 Å². The Kier molecular flexibility index (Phi) is 4.80. The van der Waals surface area contributed by atoms with E-state index in [0.717, 1.165) is 31.6 Å². The summed E-state index contributed by atoms with van der Waals surface area (Å²) in [5.74, 6) is 0. The van der Waals surface area contributed by atoms with Gasteiger partial charge in [-0.15, -0.1) is 0 Å². The molecule has 104 valence electrons. The molecule has 1 heterocycles. The zero-order chi connectivity index (χ0) is 13.7.